The van der Waals surface area contributed by atoms with Gasteiger partial charge in [-0.3, -0.25) is 4.72 Å². The fourth-order valence-corrected chi connectivity index (χ4v) is 3.20. The van der Waals surface area contributed by atoms with Gasteiger partial charge in [0.2, 0.25) is 5.03 Å². The maximum atomic E-state index is 13.5. The lowest BCUT2D eigenvalue weighted by Crippen LogP contribution is -2.16. The van der Waals surface area contributed by atoms with Gasteiger partial charge >= 0.3 is 0 Å². The molecule has 1 aliphatic rings. The van der Waals surface area contributed by atoms with Crippen molar-refractivity contribution in [1.82, 2.24) is 4.98 Å². The third-order valence-electron chi connectivity index (χ3n) is 3.05. The minimum absolute atomic E-state index is 0.400. The first kappa shape index (κ1) is 12.9. The molecule has 1 aromatic carbocycles. The molecule has 0 amide bonds. The van der Waals surface area contributed by atoms with Crippen LogP contribution >= 0.6 is 0 Å². The van der Waals surface area contributed by atoms with Crippen molar-refractivity contribution < 1.29 is 12.8 Å². The number of rotatable bonds is 3. The lowest BCUT2D eigenvalue weighted by Gasteiger charge is -2.09. The standard InChI is InChI=1S/C13H12FN3O2S/c14-11-2-1-6-16-13(11)20(18,19)17-10-3-4-12-9(8-10)5-7-15-12/h1-4,6,8,15,17H,5,7H2. The molecule has 0 bridgehead atoms. The van der Waals surface area contributed by atoms with E-state index in [1.54, 1.807) is 18.2 Å². The van der Waals surface area contributed by atoms with E-state index in [0.29, 0.717) is 5.69 Å². The molecule has 2 aromatic rings. The number of nitrogens with one attached hydrogen (secondary N) is 2. The highest BCUT2D eigenvalue weighted by atomic mass is 32.2. The van der Waals surface area contributed by atoms with Gasteiger partial charge in [0.05, 0.1) is 0 Å². The van der Waals surface area contributed by atoms with Crippen molar-refractivity contribution in [3.8, 4) is 0 Å². The molecular weight excluding hydrogens is 281 g/mol. The molecule has 0 aliphatic carbocycles. The molecule has 0 saturated carbocycles. The second-order valence-electron chi connectivity index (χ2n) is 4.44. The number of pyridine rings is 1. The van der Waals surface area contributed by atoms with Crippen LogP contribution in [0.4, 0.5) is 15.8 Å². The van der Waals surface area contributed by atoms with Crippen LogP contribution in [0.5, 0.6) is 0 Å². The van der Waals surface area contributed by atoms with Gasteiger partial charge < -0.3 is 5.32 Å². The van der Waals surface area contributed by atoms with Gasteiger partial charge in [-0.25, -0.2) is 9.37 Å². The van der Waals surface area contributed by atoms with Crippen molar-refractivity contribution in [3.63, 3.8) is 0 Å². The van der Waals surface area contributed by atoms with Crippen LogP contribution in [0.15, 0.2) is 41.6 Å². The van der Waals surface area contributed by atoms with E-state index in [1.165, 1.54) is 12.3 Å². The summed E-state index contributed by atoms with van der Waals surface area (Å²) in [5.74, 6) is -0.872. The summed E-state index contributed by atoms with van der Waals surface area (Å²) in [5, 5.41) is 2.58. The van der Waals surface area contributed by atoms with Crippen LogP contribution in [0.3, 0.4) is 0 Å². The van der Waals surface area contributed by atoms with Crippen molar-refractivity contribution >= 4 is 21.4 Å². The SMILES string of the molecule is O=S(=O)(Nc1ccc2c(c1)CCN2)c1ncccc1F. The molecule has 0 fully saturated rings. The average molecular weight is 293 g/mol. The Kier molecular flexibility index (Phi) is 3.06. The van der Waals surface area contributed by atoms with Gasteiger partial charge in [0.15, 0.2) is 5.82 Å². The van der Waals surface area contributed by atoms with E-state index in [2.05, 4.69) is 15.0 Å². The van der Waals surface area contributed by atoms with Crippen LogP contribution < -0.4 is 10.0 Å². The highest BCUT2D eigenvalue weighted by Crippen LogP contribution is 2.26. The van der Waals surface area contributed by atoms with E-state index >= 15 is 0 Å². The first-order valence-corrected chi connectivity index (χ1v) is 7.55. The zero-order valence-electron chi connectivity index (χ0n) is 10.4. The Hall–Kier alpha value is -2.15. The molecule has 0 radical (unpaired) electrons. The predicted molar refractivity (Wildman–Crippen MR) is 73.6 cm³/mol. The number of sulfonamides is 1. The molecule has 2 heterocycles. The Morgan fingerprint density at radius 2 is 2.15 bits per heavy atom. The molecule has 5 nitrogen and oxygen atoms in total. The average Bonchev–Trinajstić information content (AvgIpc) is 2.86. The van der Waals surface area contributed by atoms with Gasteiger partial charge in [-0.15, -0.1) is 0 Å². The molecule has 7 heteroatoms. The molecule has 1 aliphatic heterocycles. The van der Waals surface area contributed by atoms with Gasteiger partial charge in [0, 0.05) is 24.1 Å². The van der Waals surface area contributed by atoms with E-state index in [9.17, 15) is 12.8 Å². The normalized spacial score (nSPS) is 13.7. The van der Waals surface area contributed by atoms with Crippen LogP contribution in [0.25, 0.3) is 0 Å². The summed E-state index contributed by atoms with van der Waals surface area (Å²) in [6.07, 6.45) is 2.08. The third-order valence-corrected chi connectivity index (χ3v) is 4.36. The monoisotopic (exact) mass is 293 g/mol. The highest BCUT2D eigenvalue weighted by molar-refractivity contribution is 7.92. The lowest BCUT2D eigenvalue weighted by atomic mass is 10.1. The van der Waals surface area contributed by atoms with Crippen molar-refractivity contribution in [2.24, 2.45) is 0 Å². The topological polar surface area (TPSA) is 71.1 Å². The second kappa shape index (κ2) is 4.75. The van der Waals surface area contributed by atoms with Gasteiger partial charge in [-0.1, -0.05) is 0 Å². The smallest absolute Gasteiger partial charge is 0.282 e. The summed E-state index contributed by atoms with van der Waals surface area (Å²) in [7, 11) is -4.02. The van der Waals surface area contributed by atoms with E-state index in [-0.39, 0.29) is 0 Å². The second-order valence-corrected chi connectivity index (χ2v) is 6.04. The summed E-state index contributed by atoms with van der Waals surface area (Å²) in [4.78, 5) is 3.58. The molecule has 2 N–H and O–H groups in total. The fourth-order valence-electron chi connectivity index (χ4n) is 2.14. The quantitative estimate of drug-likeness (QED) is 0.908. The minimum atomic E-state index is -4.02. The van der Waals surface area contributed by atoms with Crippen LogP contribution in [0, 0.1) is 5.82 Å². The van der Waals surface area contributed by atoms with Crippen molar-refractivity contribution in [2.45, 2.75) is 11.4 Å². The largest absolute Gasteiger partial charge is 0.384 e. The molecule has 0 saturated heterocycles. The summed E-state index contributed by atoms with van der Waals surface area (Å²) in [6, 6.07) is 7.59. The Bertz CT molecular complexity index is 762. The van der Waals surface area contributed by atoms with Gasteiger partial charge in [-0.2, -0.15) is 8.42 Å². The molecule has 0 unspecified atom stereocenters. The molecular formula is C13H12FN3O2S. The number of hydrogen-bond donors (Lipinski definition) is 2. The summed E-state index contributed by atoms with van der Waals surface area (Å²) in [6.45, 7) is 0.834. The van der Waals surface area contributed by atoms with Crippen LogP contribution in [0.1, 0.15) is 5.56 Å². The number of hydrogen-bond acceptors (Lipinski definition) is 4. The Labute approximate surface area is 115 Å². The Morgan fingerprint density at radius 1 is 1.30 bits per heavy atom. The molecule has 1 aromatic heterocycles. The van der Waals surface area contributed by atoms with E-state index in [4.69, 9.17) is 0 Å². The summed E-state index contributed by atoms with van der Waals surface area (Å²) >= 11 is 0. The van der Waals surface area contributed by atoms with E-state index in [0.717, 1.165) is 30.3 Å². The molecule has 3 rings (SSSR count). The molecule has 0 spiro atoms. The van der Waals surface area contributed by atoms with Crippen molar-refractivity contribution in [3.05, 3.63) is 47.9 Å². The van der Waals surface area contributed by atoms with Crippen molar-refractivity contribution in [1.29, 1.82) is 0 Å². The Morgan fingerprint density at radius 3 is 2.95 bits per heavy atom. The van der Waals surface area contributed by atoms with Crippen LogP contribution in [0.2, 0.25) is 0 Å². The fraction of sp³-hybridized carbons (Fsp3) is 0.154. The van der Waals surface area contributed by atoms with E-state index in [1.807, 2.05) is 0 Å². The molecule has 20 heavy (non-hydrogen) atoms. The van der Waals surface area contributed by atoms with E-state index < -0.39 is 20.9 Å². The molecule has 104 valence electrons. The Balaban J connectivity index is 1.93. The first-order chi connectivity index (χ1) is 9.56. The lowest BCUT2D eigenvalue weighted by molar-refractivity contribution is 0.557. The number of nitrogens with zero attached hydrogens (tertiary/aromatic N) is 1. The number of anilines is 2. The number of halogens is 1. The van der Waals surface area contributed by atoms with Gasteiger partial charge in [0.25, 0.3) is 10.0 Å². The molecule has 0 atom stereocenters. The van der Waals surface area contributed by atoms with Gasteiger partial charge in [0.1, 0.15) is 0 Å². The number of benzene rings is 1. The number of aromatic nitrogens is 1. The zero-order valence-corrected chi connectivity index (χ0v) is 11.2. The predicted octanol–water partition coefficient (Wildman–Crippen LogP) is 1.99. The first-order valence-electron chi connectivity index (χ1n) is 6.06. The van der Waals surface area contributed by atoms with Crippen LogP contribution in [-0.2, 0) is 16.4 Å². The summed E-state index contributed by atoms with van der Waals surface area (Å²) < 4.78 is 40.0. The minimum Gasteiger partial charge on any atom is -0.384 e. The third kappa shape index (κ3) is 2.32. The van der Waals surface area contributed by atoms with Gasteiger partial charge in [-0.05, 0) is 42.3 Å². The highest BCUT2D eigenvalue weighted by Gasteiger charge is 2.21. The van der Waals surface area contributed by atoms with Crippen LogP contribution in [-0.4, -0.2) is 19.9 Å². The number of fused-ring (bicyclic) bond motifs is 1. The maximum absolute atomic E-state index is 13.5. The van der Waals surface area contributed by atoms with Crippen molar-refractivity contribution in [2.75, 3.05) is 16.6 Å². The zero-order chi connectivity index (χ0) is 14.2. The maximum Gasteiger partial charge on any atom is 0.282 e. The summed E-state index contributed by atoms with van der Waals surface area (Å²) in [5.41, 5.74) is 2.43.